The quantitative estimate of drug-likeness (QED) is 0.689. The minimum Gasteiger partial charge on any atom is -0.395 e. The van der Waals surface area contributed by atoms with E-state index in [2.05, 4.69) is 0 Å². The molecule has 1 N–H and O–H groups in total. The monoisotopic (exact) mass is 195 g/mol. The summed E-state index contributed by atoms with van der Waals surface area (Å²) < 4.78 is 28.8. The molecule has 0 radical (unpaired) electrons. The van der Waals surface area contributed by atoms with Crippen molar-refractivity contribution in [2.75, 3.05) is 13.1 Å². The van der Waals surface area contributed by atoms with Crippen LogP contribution in [0.3, 0.4) is 0 Å². The Morgan fingerprint density at radius 2 is 1.71 bits per heavy atom. The molecule has 1 aliphatic heterocycles. The lowest BCUT2D eigenvalue weighted by atomic mass is 10.1. The number of benzene rings is 1. The van der Waals surface area contributed by atoms with Crippen LogP contribution in [0.1, 0.15) is 26.2 Å². The summed E-state index contributed by atoms with van der Waals surface area (Å²) in [5.41, 5.74) is -0.00810. The molecule has 4 nitrogen and oxygen atoms in total. The van der Waals surface area contributed by atoms with Crippen molar-refractivity contribution in [3.63, 3.8) is 0 Å². The summed E-state index contributed by atoms with van der Waals surface area (Å²) in [5, 5.41) is 9.13. The molecule has 0 saturated heterocycles. The van der Waals surface area contributed by atoms with Gasteiger partial charge in [0.1, 0.15) is 0 Å². The molecule has 72 valence electrons. The first-order valence-corrected chi connectivity index (χ1v) is 3.88. The molecule has 0 aromatic heterocycles. The summed E-state index contributed by atoms with van der Waals surface area (Å²) in [5.74, 6) is -1.92. The third-order valence-electron chi connectivity index (χ3n) is 1.96. The lowest BCUT2D eigenvalue weighted by molar-refractivity contribution is 0.0624. The fourth-order valence-electron chi connectivity index (χ4n) is 1.34. The van der Waals surface area contributed by atoms with E-state index in [9.17, 15) is 9.59 Å². The third-order valence-corrected chi connectivity index (χ3v) is 1.96. The van der Waals surface area contributed by atoms with Crippen molar-refractivity contribution in [3.8, 4) is 0 Å². The van der Waals surface area contributed by atoms with E-state index in [4.69, 9.17) is 10.6 Å². The summed E-state index contributed by atoms with van der Waals surface area (Å²) in [4.78, 5) is 23.9. The number of hydrogen-bond donors (Lipinski definition) is 1. The van der Waals surface area contributed by atoms with Crippen molar-refractivity contribution in [3.05, 3.63) is 35.4 Å². The Kier molecular flexibility index (Phi) is 1.21. The summed E-state index contributed by atoms with van der Waals surface area (Å²) in [6.45, 7) is -6.49. The van der Waals surface area contributed by atoms with Gasteiger partial charge in [-0.3, -0.25) is 14.5 Å². The molecule has 0 spiro atoms. The van der Waals surface area contributed by atoms with Crippen LogP contribution in [-0.4, -0.2) is 34.9 Å². The number of hydrogen-bond acceptors (Lipinski definition) is 3. The predicted molar refractivity (Wildman–Crippen MR) is 48.9 cm³/mol. The summed E-state index contributed by atoms with van der Waals surface area (Å²) >= 11 is 0. The highest BCUT2D eigenvalue weighted by atomic mass is 16.3. The van der Waals surface area contributed by atoms with Gasteiger partial charge >= 0.3 is 0 Å². The first kappa shape index (κ1) is 5.26. The van der Waals surface area contributed by atoms with E-state index >= 15 is 0 Å². The molecule has 14 heavy (non-hydrogen) atoms. The lowest BCUT2D eigenvalue weighted by Gasteiger charge is -2.10. The maximum absolute atomic E-state index is 11.9. The Hall–Kier alpha value is -1.68. The van der Waals surface area contributed by atoms with E-state index in [0.717, 1.165) is 0 Å². The Balaban J connectivity index is 2.53. The number of β-amino-alcohol motifs (C(OH)–C–C–N with tert-alkyl or cyclic N) is 1. The minimum atomic E-state index is -3.35. The summed E-state index contributed by atoms with van der Waals surface area (Å²) in [7, 11) is 0. The van der Waals surface area contributed by atoms with E-state index in [-0.39, 0.29) is 16.0 Å². The van der Waals surface area contributed by atoms with Crippen LogP contribution in [-0.2, 0) is 0 Å². The number of rotatable bonds is 2. The topological polar surface area (TPSA) is 57.6 Å². The van der Waals surface area contributed by atoms with Crippen LogP contribution in [0.15, 0.2) is 24.3 Å². The van der Waals surface area contributed by atoms with Crippen molar-refractivity contribution in [1.29, 1.82) is 0 Å². The van der Waals surface area contributed by atoms with Crippen LogP contribution < -0.4 is 0 Å². The van der Waals surface area contributed by atoms with Gasteiger partial charge in [-0.2, -0.15) is 0 Å². The molecule has 2 rings (SSSR count). The number of imide groups is 1. The number of nitrogens with zero attached hydrogens (tertiary/aromatic N) is 1. The van der Waals surface area contributed by atoms with E-state index in [1.807, 2.05) is 0 Å². The van der Waals surface area contributed by atoms with E-state index in [1.165, 1.54) is 24.3 Å². The largest absolute Gasteiger partial charge is 0.395 e. The molecule has 0 aliphatic carbocycles. The molecular formula is C10H9NO3. The van der Waals surface area contributed by atoms with Gasteiger partial charge in [-0.05, 0) is 12.1 Å². The van der Waals surface area contributed by atoms with Crippen LogP contribution in [0.25, 0.3) is 0 Å². The maximum Gasteiger partial charge on any atom is 0.261 e. The normalized spacial score (nSPS) is 21.1. The van der Waals surface area contributed by atoms with Gasteiger partial charge in [0.25, 0.3) is 11.8 Å². The van der Waals surface area contributed by atoms with Gasteiger partial charge in [0, 0.05) is 0 Å². The van der Waals surface area contributed by atoms with Gasteiger partial charge in [-0.15, -0.1) is 0 Å². The number of carbonyl (C=O) groups is 2. The molecule has 0 bridgehead atoms. The van der Waals surface area contributed by atoms with Crippen molar-refractivity contribution < 1.29 is 20.2 Å². The summed E-state index contributed by atoms with van der Waals surface area (Å²) in [6, 6.07) is 5.71. The fraction of sp³-hybridized carbons (Fsp3) is 0.200. The Bertz CT molecular complexity index is 503. The van der Waals surface area contributed by atoms with Gasteiger partial charge in [-0.1, -0.05) is 12.1 Å². The van der Waals surface area contributed by atoms with Crippen molar-refractivity contribution in [2.24, 2.45) is 0 Å². The van der Waals surface area contributed by atoms with Crippen LogP contribution >= 0.6 is 0 Å². The van der Waals surface area contributed by atoms with E-state index in [1.54, 1.807) is 0 Å². The van der Waals surface area contributed by atoms with Crippen LogP contribution in [0, 0.1) is 0 Å². The van der Waals surface area contributed by atoms with Crippen molar-refractivity contribution >= 4 is 11.8 Å². The summed E-state index contributed by atoms with van der Waals surface area (Å²) in [6.07, 6.45) is 0. The van der Waals surface area contributed by atoms with Crippen LogP contribution in [0.2, 0.25) is 0 Å². The van der Waals surface area contributed by atoms with Crippen molar-refractivity contribution in [1.82, 2.24) is 4.90 Å². The maximum atomic E-state index is 11.9. The molecule has 4 heteroatoms. The molecule has 1 aromatic carbocycles. The molecule has 1 aliphatic rings. The Morgan fingerprint density at radius 3 is 2.14 bits per heavy atom. The molecule has 0 unspecified atom stereocenters. The molecular weight excluding hydrogens is 182 g/mol. The molecule has 1 heterocycles. The van der Waals surface area contributed by atoms with Gasteiger partial charge in [-0.25, -0.2) is 0 Å². The number of fused-ring (bicyclic) bond motifs is 1. The first-order chi connectivity index (χ1) is 8.18. The smallest absolute Gasteiger partial charge is 0.261 e. The van der Waals surface area contributed by atoms with E-state index in [0.29, 0.717) is 0 Å². The number of carbonyl (C=O) groups excluding carboxylic acids is 2. The third kappa shape index (κ3) is 1.12. The zero-order valence-electron chi connectivity index (χ0n) is 11.0. The molecule has 2 amide bonds. The van der Waals surface area contributed by atoms with Gasteiger partial charge in [0.15, 0.2) is 0 Å². The second-order valence-corrected chi connectivity index (χ2v) is 2.71. The number of amides is 2. The van der Waals surface area contributed by atoms with E-state index < -0.39 is 24.9 Å². The van der Waals surface area contributed by atoms with Gasteiger partial charge in [0.05, 0.1) is 29.7 Å². The molecule has 1 aromatic rings. The highest BCUT2D eigenvalue weighted by Gasteiger charge is 2.34. The highest BCUT2D eigenvalue weighted by molar-refractivity contribution is 6.21. The SMILES string of the molecule is [2H]C([2H])(O)C([2H])([2H])N1C(=O)c2ccccc2C1=O. The second-order valence-electron chi connectivity index (χ2n) is 2.71. The fourth-order valence-corrected chi connectivity index (χ4v) is 1.34. The van der Waals surface area contributed by atoms with Gasteiger partial charge < -0.3 is 5.11 Å². The van der Waals surface area contributed by atoms with Crippen LogP contribution in [0.4, 0.5) is 0 Å². The zero-order chi connectivity index (χ0) is 13.7. The minimum absolute atomic E-state index is 0.00405. The molecule has 0 fully saturated rings. The first-order valence-electron chi connectivity index (χ1n) is 5.88. The average molecular weight is 195 g/mol. The van der Waals surface area contributed by atoms with Crippen molar-refractivity contribution in [2.45, 2.75) is 0 Å². The second kappa shape index (κ2) is 3.23. The average Bonchev–Trinajstić information content (AvgIpc) is 2.51. The van der Waals surface area contributed by atoms with Gasteiger partial charge in [0.2, 0.25) is 0 Å². The number of aliphatic hydroxyl groups is 1. The highest BCUT2D eigenvalue weighted by Crippen LogP contribution is 2.21. The Morgan fingerprint density at radius 1 is 1.21 bits per heavy atom. The lowest BCUT2D eigenvalue weighted by Crippen LogP contribution is -2.32. The Labute approximate surface area is 86.4 Å². The predicted octanol–water partition coefficient (Wildman–Crippen LogP) is 0.275. The standard InChI is InChI=1S/C10H9NO3/c12-6-5-11-9(13)7-3-1-2-4-8(7)10(11)14/h1-4,12H,5-6H2/i5D2,6D2. The zero-order valence-corrected chi connectivity index (χ0v) is 7.02. The molecule has 0 saturated carbocycles. The van der Waals surface area contributed by atoms with Crippen LogP contribution in [0.5, 0.6) is 0 Å². The molecule has 0 atom stereocenters.